The topological polar surface area (TPSA) is 88.7 Å². The number of piperidine rings is 1. The van der Waals surface area contributed by atoms with Gasteiger partial charge in [-0.15, -0.1) is 0 Å². The molecule has 5 rings (SSSR count). The molecule has 5 aliphatic rings. The monoisotopic (exact) mass is 422 g/mol. The van der Waals surface area contributed by atoms with Crippen molar-refractivity contribution in [3.05, 3.63) is 58.7 Å². The number of amides is 3. The molecule has 0 aromatic rings. The quantitative estimate of drug-likeness (QED) is 0.534. The largest absolute Gasteiger partial charge is 0.385 e. The number of carbonyl (C=O) groups is 2. The molecule has 164 valence electrons. The first-order valence-electron chi connectivity index (χ1n) is 11.1. The minimum Gasteiger partial charge on any atom is -0.385 e. The maximum atomic E-state index is 13.0. The molecule has 0 aromatic heterocycles. The van der Waals surface area contributed by atoms with E-state index in [2.05, 4.69) is 58.7 Å². The Balaban J connectivity index is 1.42. The molecule has 5 aliphatic heterocycles. The minimum atomic E-state index is -0.0473. The van der Waals surface area contributed by atoms with Crippen molar-refractivity contribution in [3.63, 3.8) is 0 Å². The van der Waals surface area contributed by atoms with Crippen LogP contribution in [0, 0.1) is 0 Å². The van der Waals surface area contributed by atoms with E-state index in [0.29, 0.717) is 25.7 Å². The highest BCUT2D eigenvalue weighted by Gasteiger charge is 2.39. The fourth-order valence-electron chi connectivity index (χ4n) is 4.93. The third kappa shape index (κ3) is 3.60. The molecule has 2 unspecified atom stereocenters. The van der Waals surface area contributed by atoms with Gasteiger partial charge >= 0.3 is 6.03 Å². The standard InChI is InChI=1S/C23H30N6O2/c1-14-3-4-16(11-24-14)19-5-6-20-21(27-19)22-17(12-25-20)13-26-23(31)29(22)18-7-9-28(10-8-18)15(2)30/h3-6,11,14,18-19,24-25,27H,7-10,12-13H2,1-2H3,(H,26,31). The number of nitrogens with one attached hydrogen (secondary N) is 4. The zero-order chi connectivity index (χ0) is 21.5. The Hall–Kier alpha value is -3.16. The second-order valence-electron chi connectivity index (χ2n) is 8.80. The second kappa shape index (κ2) is 7.83. The van der Waals surface area contributed by atoms with Gasteiger partial charge < -0.3 is 26.2 Å². The van der Waals surface area contributed by atoms with Crippen molar-refractivity contribution in [2.75, 3.05) is 26.2 Å². The van der Waals surface area contributed by atoms with E-state index in [9.17, 15) is 9.59 Å². The fourth-order valence-corrected chi connectivity index (χ4v) is 4.93. The number of likely N-dealkylation sites (tertiary alicyclic amines) is 1. The van der Waals surface area contributed by atoms with Gasteiger partial charge in [0.15, 0.2) is 0 Å². The Morgan fingerprint density at radius 2 is 1.87 bits per heavy atom. The van der Waals surface area contributed by atoms with Gasteiger partial charge in [-0.25, -0.2) is 4.79 Å². The van der Waals surface area contributed by atoms with Gasteiger partial charge in [0.25, 0.3) is 0 Å². The highest BCUT2D eigenvalue weighted by Crippen LogP contribution is 2.34. The molecule has 0 aliphatic carbocycles. The van der Waals surface area contributed by atoms with E-state index in [1.807, 2.05) is 9.80 Å². The van der Waals surface area contributed by atoms with Gasteiger partial charge in [-0.05, 0) is 37.0 Å². The summed E-state index contributed by atoms with van der Waals surface area (Å²) in [4.78, 5) is 28.6. The Bertz CT molecular complexity index is 951. The first-order valence-corrected chi connectivity index (χ1v) is 11.1. The van der Waals surface area contributed by atoms with Crippen molar-refractivity contribution in [3.8, 4) is 0 Å². The summed E-state index contributed by atoms with van der Waals surface area (Å²) in [5, 5.41) is 13.6. The lowest BCUT2D eigenvalue weighted by Crippen LogP contribution is -2.57. The molecule has 8 heteroatoms. The van der Waals surface area contributed by atoms with E-state index in [1.165, 1.54) is 5.57 Å². The predicted octanol–water partition coefficient (Wildman–Crippen LogP) is 1.05. The number of dihydropyridines is 3. The molecule has 2 atom stereocenters. The summed E-state index contributed by atoms with van der Waals surface area (Å²) in [6.45, 7) is 6.38. The zero-order valence-electron chi connectivity index (χ0n) is 18.1. The molecule has 0 saturated carbocycles. The number of hydrogen-bond acceptors (Lipinski definition) is 5. The van der Waals surface area contributed by atoms with Crippen LogP contribution in [0.1, 0.15) is 26.7 Å². The lowest BCUT2D eigenvalue weighted by Gasteiger charge is -2.45. The molecule has 0 bridgehead atoms. The van der Waals surface area contributed by atoms with Gasteiger partial charge in [0.2, 0.25) is 5.91 Å². The van der Waals surface area contributed by atoms with E-state index in [-0.39, 0.29) is 24.0 Å². The van der Waals surface area contributed by atoms with Crippen molar-refractivity contribution in [1.82, 2.24) is 31.1 Å². The highest BCUT2D eigenvalue weighted by atomic mass is 16.2. The first kappa shape index (κ1) is 19.8. The molecule has 1 fully saturated rings. The molecule has 5 heterocycles. The Kier molecular flexibility index (Phi) is 5.00. The number of allylic oxidation sites excluding steroid dienone is 1. The molecule has 31 heavy (non-hydrogen) atoms. The number of urea groups is 1. The van der Waals surface area contributed by atoms with Crippen molar-refractivity contribution >= 4 is 11.9 Å². The van der Waals surface area contributed by atoms with Crippen LogP contribution in [0.25, 0.3) is 0 Å². The number of nitrogens with zero attached hydrogens (tertiary/aromatic N) is 2. The molecule has 4 N–H and O–H groups in total. The predicted molar refractivity (Wildman–Crippen MR) is 118 cm³/mol. The minimum absolute atomic E-state index is 0.0371. The van der Waals surface area contributed by atoms with E-state index in [1.54, 1.807) is 6.92 Å². The summed E-state index contributed by atoms with van der Waals surface area (Å²) in [5.74, 6) is 0.104. The third-order valence-corrected chi connectivity index (χ3v) is 6.73. The number of rotatable bonds is 2. The number of carbonyl (C=O) groups excluding carboxylic acids is 2. The molecule has 0 radical (unpaired) electrons. The zero-order valence-corrected chi connectivity index (χ0v) is 18.1. The van der Waals surface area contributed by atoms with E-state index < -0.39 is 0 Å². The van der Waals surface area contributed by atoms with Gasteiger partial charge in [-0.3, -0.25) is 9.69 Å². The summed E-state index contributed by atoms with van der Waals surface area (Å²) in [5.41, 5.74) is 5.38. The van der Waals surface area contributed by atoms with Crippen molar-refractivity contribution in [1.29, 1.82) is 0 Å². The van der Waals surface area contributed by atoms with Gasteiger partial charge in [0.05, 0.1) is 23.1 Å². The maximum absolute atomic E-state index is 13.0. The van der Waals surface area contributed by atoms with Gasteiger partial charge in [0.1, 0.15) is 0 Å². The van der Waals surface area contributed by atoms with Crippen LogP contribution in [-0.2, 0) is 4.79 Å². The maximum Gasteiger partial charge on any atom is 0.322 e. The second-order valence-corrected chi connectivity index (χ2v) is 8.80. The molecular formula is C23H30N6O2. The van der Waals surface area contributed by atoms with Crippen LogP contribution in [0.2, 0.25) is 0 Å². The van der Waals surface area contributed by atoms with Crippen molar-refractivity contribution < 1.29 is 9.59 Å². The van der Waals surface area contributed by atoms with Crippen LogP contribution >= 0.6 is 0 Å². The third-order valence-electron chi connectivity index (χ3n) is 6.73. The normalized spacial score (nSPS) is 28.2. The van der Waals surface area contributed by atoms with Crippen LogP contribution in [0.5, 0.6) is 0 Å². The lowest BCUT2D eigenvalue weighted by molar-refractivity contribution is -0.130. The highest BCUT2D eigenvalue weighted by molar-refractivity contribution is 5.81. The van der Waals surface area contributed by atoms with Crippen molar-refractivity contribution in [2.24, 2.45) is 0 Å². The van der Waals surface area contributed by atoms with E-state index in [4.69, 9.17) is 0 Å². The van der Waals surface area contributed by atoms with Crippen LogP contribution in [0.3, 0.4) is 0 Å². The van der Waals surface area contributed by atoms with E-state index in [0.717, 1.165) is 42.1 Å². The molecule has 0 aromatic carbocycles. The number of fused-ring (bicyclic) bond motifs is 1. The summed E-state index contributed by atoms with van der Waals surface area (Å²) in [6, 6.07) is 0.398. The van der Waals surface area contributed by atoms with Gasteiger partial charge in [-0.1, -0.05) is 18.2 Å². The molecular weight excluding hydrogens is 392 g/mol. The average Bonchev–Trinajstić information content (AvgIpc) is 2.79. The van der Waals surface area contributed by atoms with Crippen LogP contribution in [-0.4, -0.2) is 66.0 Å². The fraction of sp³-hybridized carbons (Fsp3) is 0.478. The molecule has 8 nitrogen and oxygen atoms in total. The smallest absolute Gasteiger partial charge is 0.322 e. The van der Waals surface area contributed by atoms with Gasteiger partial charge in [0, 0.05) is 51.4 Å². The Morgan fingerprint density at radius 3 is 2.58 bits per heavy atom. The summed E-state index contributed by atoms with van der Waals surface area (Å²) in [6.07, 6.45) is 12.2. The molecule has 3 amide bonds. The van der Waals surface area contributed by atoms with Crippen LogP contribution in [0.15, 0.2) is 58.7 Å². The average molecular weight is 423 g/mol. The van der Waals surface area contributed by atoms with E-state index >= 15 is 0 Å². The Labute approximate surface area is 182 Å². The summed E-state index contributed by atoms with van der Waals surface area (Å²) >= 11 is 0. The molecule has 1 saturated heterocycles. The molecule has 0 spiro atoms. The van der Waals surface area contributed by atoms with Crippen molar-refractivity contribution in [2.45, 2.75) is 44.8 Å². The first-order chi connectivity index (χ1) is 15.0. The van der Waals surface area contributed by atoms with Crippen LogP contribution < -0.4 is 21.3 Å². The van der Waals surface area contributed by atoms with Crippen LogP contribution in [0.4, 0.5) is 4.79 Å². The summed E-state index contributed by atoms with van der Waals surface area (Å²) < 4.78 is 0. The lowest BCUT2D eigenvalue weighted by atomic mass is 9.93. The number of hydrogen-bond donors (Lipinski definition) is 4. The SMILES string of the molecule is CC(=O)N1CCC(N2C(=O)NCC3=C2C2=C(C=CC(C4=CNC(C)C=C4)N2)NC3)CC1. The van der Waals surface area contributed by atoms with Gasteiger partial charge in [-0.2, -0.15) is 0 Å². The summed E-state index contributed by atoms with van der Waals surface area (Å²) in [7, 11) is 0. The Morgan fingerprint density at radius 1 is 1.10 bits per heavy atom.